The lowest BCUT2D eigenvalue weighted by Gasteiger charge is -2.51. The van der Waals surface area contributed by atoms with Crippen molar-refractivity contribution >= 4 is 0 Å². The summed E-state index contributed by atoms with van der Waals surface area (Å²) in [6, 6.07) is 8.34. The summed E-state index contributed by atoms with van der Waals surface area (Å²) in [5.41, 5.74) is 0.162. The van der Waals surface area contributed by atoms with E-state index in [4.69, 9.17) is 9.47 Å². The van der Waals surface area contributed by atoms with E-state index in [1.165, 1.54) is 0 Å². The van der Waals surface area contributed by atoms with Gasteiger partial charge in [-0.25, -0.2) is 0 Å². The molecule has 1 fully saturated rings. The quantitative estimate of drug-likeness (QED) is 0.869. The Morgan fingerprint density at radius 3 is 2.41 bits per heavy atom. The van der Waals surface area contributed by atoms with Crippen LogP contribution in [0.15, 0.2) is 24.3 Å². The van der Waals surface area contributed by atoms with E-state index in [1.807, 2.05) is 31.3 Å². The van der Waals surface area contributed by atoms with Crippen LogP contribution in [0.2, 0.25) is 0 Å². The number of nitrogens with one attached hydrogen (secondary N) is 1. The summed E-state index contributed by atoms with van der Waals surface area (Å²) >= 11 is 0. The first kappa shape index (κ1) is 12.2. The average Bonchev–Trinajstić information content (AvgIpc) is 2.34. The van der Waals surface area contributed by atoms with Gasteiger partial charge in [-0.15, -0.1) is 0 Å². The van der Waals surface area contributed by atoms with Gasteiger partial charge in [-0.2, -0.15) is 0 Å². The summed E-state index contributed by atoms with van der Waals surface area (Å²) in [7, 11) is 3.68. The molecule has 3 heteroatoms. The molecule has 0 spiro atoms. The summed E-state index contributed by atoms with van der Waals surface area (Å²) in [6.45, 7) is 4.47. The standard InChI is InChI=1S/C14H21NO2/c1-14(2)12(15-3)9-13(14)17-11-8-6-5-7-10(11)16-4/h5-8,12-13,15H,9H2,1-4H3. The van der Waals surface area contributed by atoms with Crippen molar-refractivity contribution in [2.24, 2.45) is 5.41 Å². The highest BCUT2D eigenvalue weighted by Gasteiger charge is 2.49. The van der Waals surface area contributed by atoms with Gasteiger partial charge in [0.05, 0.1) is 7.11 Å². The van der Waals surface area contributed by atoms with Crippen LogP contribution in [0.1, 0.15) is 20.3 Å². The third-order valence-corrected chi connectivity index (χ3v) is 3.86. The van der Waals surface area contributed by atoms with Crippen molar-refractivity contribution in [3.63, 3.8) is 0 Å². The molecule has 0 heterocycles. The number of hydrogen-bond acceptors (Lipinski definition) is 3. The number of methoxy groups -OCH3 is 1. The first-order chi connectivity index (χ1) is 8.09. The molecule has 0 amide bonds. The van der Waals surface area contributed by atoms with Crippen LogP contribution in [0.25, 0.3) is 0 Å². The van der Waals surface area contributed by atoms with Gasteiger partial charge in [-0.3, -0.25) is 0 Å². The molecule has 2 atom stereocenters. The molecule has 2 unspecified atom stereocenters. The van der Waals surface area contributed by atoms with E-state index in [2.05, 4.69) is 19.2 Å². The second kappa shape index (κ2) is 4.57. The molecule has 1 aromatic rings. The Morgan fingerprint density at radius 2 is 1.88 bits per heavy atom. The second-order valence-corrected chi connectivity index (χ2v) is 5.16. The van der Waals surface area contributed by atoms with E-state index in [-0.39, 0.29) is 11.5 Å². The zero-order valence-electron chi connectivity index (χ0n) is 11.0. The van der Waals surface area contributed by atoms with Gasteiger partial charge in [0, 0.05) is 17.9 Å². The van der Waals surface area contributed by atoms with Crippen molar-refractivity contribution in [3.05, 3.63) is 24.3 Å². The molecule has 94 valence electrons. The molecule has 0 aromatic heterocycles. The van der Waals surface area contributed by atoms with Gasteiger partial charge in [0.25, 0.3) is 0 Å². The van der Waals surface area contributed by atoms with E-state index in [1.54, 1.807) is 7.11 Å². The van der Waals surface area contributed by atoms with Crippen LogP contribution in [0, 0.1) is 5.41 Å². The van der Waals surface area contributed by atoms with Crippen LogP contribution >= 0.6 is 0 Å². The van der Waals surface area contributed by atoms with Gasteiger partial charge in [-0.1, -0.05) is 26.0 Å². The zero-order chi connectivity index (χ0) is 12.5. The van der Waals surface area contributed by atoms with Crippen molar-refractivity contribution in [2.75, 3.05) is 14.2 Å². The number of hydrogen-bond donors (Lipinski definition) is 1. The fourth-order valence-corrected chi connectivity index (χ4v) is 2.44. The SMILES string of the molecule is CNC1CC(Oc2ccccc2OC)C1(C)C. The maximum absolute atomic E-state index is 6.05. The Labute approximate surface area is 103 Å². The average molecular weight is 235 g/mol. The molecule has 2 rings (SSSR count). The van der Waals surface area contributed by atoms with Gasteiger partial charge < -0.3 is 14.8 Å². The summed E-state index contributed by atoms with van der Waals surface area (Å²) in [4.78, 5) is 0. The zero-order valence-corrected chi connectivity index (χ0v) is 11.0. The van der Waals surface area contributed by atoms with Gasteiger partial charge in [0.15, 0.2) is 11.5 Å². The predicted molar refractivity (Wildman–Crippen MR) is 68.7 cm³/mol. The van der Waals surface area contributed by atoms with Crippen molar-refractivity contribution in [1.29, 1.82) is 0 Å². The highest BCUT2D eigenvalue weighted by Crippen LogP contribution is 2.44. The lowest BCUT2D eigenvalue weighted by molar-refractivity contribution is -0.0530. The van der Waals surface area contributed by atoms with Crippen LogP contribution < -0.4 is 14.8 Å². The molecule has 1 N–H and O–H groups in total. The smallest absolute Gasteiger partial charge is 0.161 e. The van der Waals surface area contributed by atoms with Crippen molar-refractivity contribution in [1.82, 2.24) is 5.32 Å². The molecule has 1 aliphatic rings. The molecular formula is C14H21NO2. The molecule has 1 aromatic carbocycles. The minimum absolute atomic E-state index is 0.162. The van der Waals surface area contributed by atoms with E-state index >= 15 is 0 Å². The van der Waals surface area contributed by atoms with E-state index in [0.717, 1.165) is 17.9 Å². The third kappa shape index (κ3) is 2.12. The second-order valence-electron chi connectivity index (χ2n) is 5.16. The maximum atomic E-state index is 6.05. The van der Waals surface area contributed by atoms with E-state index in [0.29, 0.717) is 6.04 Å². The summed E-state index contributed by atoms with van der Waals surface area (Å²) in [6.07, 6.45) is 1.29. The van der Waals surface area contributed by atoms with E-state index in [9.17, 15) is 0 Å². The molecule has 1 aliphatic carbocycles. The number of rotatable bonds is 4. The number of ether oxygens (including phenoxy) is 2. The monoisotopic (exact) mass is 235 g/mol. The molecule has 0 aliphatic heterocycles. The van der Waals surface area contributed by atoms with Gasteiger partial charge in [0.2, 0.25) is 0 Å². The van der Waals surface area contributed by atoms with Crippen LogP contribution in [-0.2, 0) is 0 Å². The Kier molecular flexibility index (Phi) is 3.29. The molecule has 1 saturated carbocycles. The fraction of sp³-hybridized carbons (Fsp3) is 0.571. The summed E-state index contributed by atoms with van der Waals surface area (Å²) in [5.74, 6) is 1.64. The Bertz CT molecular complexity index is 390. The van der Waals surface area contributed by atoms with E-state index < -0.39 is 0 Å². The third-order valence-electron chi connectivity index (χ3n) is 3.86. The molecule has 0 bridgehead atoms. The molecule has 17 heavy (non-hydrogen) atoms. The summed E-state index contributed by atoms with van der Waals surface area (Å²) < 4.78 is 11.4. The van der Waals surface area contributed by atoms with Crippen LogP contribution in [-0.4, -0.2) is 26.3 Å². The molecule has 0 radical (unpaired) electrons. The van der Waals surface area contributed by atoms with Gasteiger partial charge >= 0.3 is 0 Å². The fourth-order valence-electron chi connectivity index (χ4n) is 2.44. The first-order valence-electron chi connectivity index (χ1n) is 6.06. The number of benzene rings is 1. The van der Waals surface area contributed by atoms with Crippen LogP contribution in [0.4, 0.5) is 0 Å². The van der Waals surface area contributed by atoms with Crippen molar-refractivity contribution in [3.8, 4) is 11.5 Å². The lowest BCUT2D eigenvalue weighted by Crippen LogP contribution is -2.61. The highest BCUT2D eigenvalue weighted by atomic mass is 16.5. The minimum atomic E-state index is 0.162. The lowest BCUT2D eigenvalue weighted by atomic mass is 9.64. The highest BCUT2D eigenvalue weighted by molar-refractivity contribution is 5.39. The molecular weight excluding hydrogens is 214 g/mol. The van der Waals surface area contributed by atoms with Crippen LogP contribution in [0.3, 0.4) is 0 Å². The number of para-hydroxylation sites is 2. The maximum Gasteiger partial charge on any atom is 0.161 e. The van der Waals surface area contributed by atoms with Gasteiger partial charge in [0.1, 0.15) is 6.10 Å². The molecule has 3 nitrogen and oxygen atoms in total. The topological polar surface area (TPSA) is 30.5 Å². The Hall–Kier alpha value is -1.22. The Balaban J connectivity index is 2.08. The normalized spacial score (nSPS) is 26.1. The van der Waals surface area contributed by atoms with Crippen molar-refractivity contribution < 1.29 is 9.47 Å². The largest absolute Gasteiger partial charge is 0.493 e. The van der Waals surface area contributed by atoms with Crippen LogP contribution in [0.5, 0.6) is 11.5 Å². The minimum Gasteiger partial charge on any atom is -0.493 e. The van der Waals surface area contributed by atoms with Crippen molar-refractivity contribution in [2.45, 2.75) is 32.4 Å². The Morgan fingerprint density at radius 1 is 1.24 bits per heavy atom. The van der Waals surface area contributed by atoms with Gasteiger partial charge in [-0.05, 0) is 19.2 Å². The summed E-state index contributed by atoms with van der Waals surface area (Å²) in [5, 5.41) is 3.32. The first-order valence-corrected chi connectivity index (χ1v) is 6.06. The molecule has 0 saturated heterocycles. The predicted octanol–water partition coefficient (Wildman–Crippen LogP) is 2.46.